The van der Waals surface area contributed by atoms with Crippen LogP contribution in [0.2, 0.25) is 5.02 Å². The molecular formula is C33H38ClN5O3. The Bertz CT molecular complexity index is 1430. The Morgan fingerprint density at radius 1 is 1.19 bits per heavy atom. The molecule has 1 saturated carbocycles. The van der Waals surface area contributed by atoms with E-state index < -0.39 is 0 Å². The van der Waals surface area contributed by atoms with Gasteiger partial charge in [-0.2, -0.15) is 0 Å². The topological polar surface area (TPSA) is 95.9 Å². The van der Waals surface area contributed by atoms with Gasteiger partial charge in [-0.1, -0.05) is 55.8 Å². The van der Waals surface area contributed by atoms with Gasteiger partial charge < -0.3 is 15.4 Å². The SMILES string of the molecule is C=C(/N=C1\C(=C/C)C=C(c2ccc(-c3cccnc3)cc2Cl)C(=O)N1CC(=O)NC1CCCC1C)NC1CCOCC1. The van der Waals surface area contributed by atoms with Crippen LogP contribution in [0.3, 0.4) is 0 Å². The second-order valence-electron chi connectivity index (χ2n) is 11.1. The van der Waals surface area contributed by atoms with E-state index in [2.05, 4.69) is 29.1 Å². The summed E-state index contributed by atoms with van der Waals surface area (Å²) in [5.41, 5.74) is 3.51. The Morgan fingerprint density at radius 2 is 2.00 bits per heavy atom. The van der Waals surface area contributed by atoms with Crippen LogP contribution in [0.1, 0.15) is 51.5 Å². The molecule has 2 amide bonds. The second kappa shape index (κ2) is 13.5. The van der Waals surface area contributed by atoms with Crippen molar-refractivity contribution >= 4 is 34.8 Å². The molecule has 9 heteroatoms. The van der Waals surface area contributed by atoms with Crippen molar-refractivity contribution in [3.8, 4) is 11.1 Å². The van der Waals surface area contributed by atoms with Crippen molar-refractivity contribution in [2.45, 2.75) is 58.0 Å². The number of benzene rings is 1. The molecule has 3 heterocycles. The maximum absolute atomic E-state index is 14.1. The highest BCUT2D eigenvalue weighted by Crippen LogP contribution is 2.34. The van der Waals surface area contributed by atoms with E-state index in [-0.39, 0.29) is 30.4 Å². The number of ether oxygens (including phenoxy) is 1. The number of amidine groups is 1. The van der Waals surface area contributed by atoms with E-state index in [9.17, 15) is 9.59 Å². The number of halogens is 1. The molecule has 42 heavy (non-hydrogen) atoms. The first-order valence-corrected chi connectivity index (χ1v) is 15.0. The van der Waals surface area contributed by atoms with Crippen LogP contribution < -0.4 is 10.6 Å². The molecule has 1 aliphatic carbocycles. The summed E-state index contributed by atoms with van der Waals surface area (Å²) in [4.78, 5) is 37.9. The number of aliphatic imine (C=N–C) groups is 1. The molecular weight excluding hydrogens is 550 g/mol. The minimum Gasteiger partial charge on any atom is -0.381 e. The lowest BCUT2D eigenvalue weighted by Crippen LogP contribution is -2.49. The largest absolute Gasteiger partial charge is 0.381 e. The summed E-state index contributed by atoms with van der Waals surface area (Å²) in [6.45, 7) is 9.35. The summed E-state index contributed by atoms with van der Waals surface area (Å²) in [6.07, 6.45) is 12.0. The van der Waals surface area contributed by atoms with Crippen LogP contribution in [-0.4, -0.2) is 59.4 Å². The number of pyridine rings is 1. The molecule has 2 fully saturated rings. The Kier molecular flexibility index (Phi) is 9.55. The van der Waals surface area contributed by atoms with Crippen molar-refractivity contribution < 1.29 is 14.3 Å². The lowest BCUT2D eigenvalue weighted by molar-refractivity contribution is -0.129. The normalized spacial score (nSPS) is 23.3. The van der Waals surface area contributed by atoms with Gasteiger partial charge in [-0.05, 0) is 62.3 Å². The first-order chi connectivity index (χ1) is 20.3. The third-order valence-electron chi connectivity index (χ3n) is 8.20. The number of aromatic nitrogens is 1. The molecule has 3 aliphatic rings. The van der Waals surface area contributed by atoms with Gasteiger partial charge in [0.1, 0.15) is 18.2 Å². The number of hydrogen-bond donors (Lipinski definition) is 2. The Morgan fingerprint density at radius 3 is 2.67 bits per heavy atom. The van der Waals surface area contributed by atoms with Crippen LogP contribution in [0.25, 0.3) is 16.7 Å². The number of carbonyl (C=O) groups excluding carboxylic acids is 2. The first-order valence-electron chi connectivity index (χ1n) is 14.7. The van der Waals surface area contributed by atoms with E-state index in [0.717, 1.165) is 43.2 Å². The van der Waals surface area contributed by atoms with Crippen molar-refractivity contribution in [1.82, 2.24) is 20.5 Å². The number of nitrogens with zero attached hydrogens (tertiary/aromatic N) is 3. The molecule has 0 bridgehead atoms. The molecule has 0 radical (unpaired) electrons. The van der Waals surface area contributed by atoms with Gasteiger partial charge in [-0.25, -0.2) is 4.99 Å². The van der Waals surface area contributed by atoms with Crippen LogP contribution in [0.4, 0.5) is 0 Å². The zero-order chi connectivity index (χ0) is 29.6. The van der Waals surface area contributed by atoms with Gasteiger partial charge in [0.05, 0.1) is 0 Å². The van der Waals surface area contributed by atoms with Crippen LogP contribution >= 0.6 is 11.6 Å². The monoisotopic (exact) mass is 587 g/mol. The number of amides is 2. The van der Waals surface area contributed by atoms with E-state index >= 15 is 0 Å². The summed E-state index contributed by atoms with van der Waals surface area (Å²) in [6, 6.07) is 9.71. The van der Waals surface area contributed by atoms with Gasteiger partial charge in [-0.15, -0.1) is 0 Å². The third-order valence-corrected chi connectivity index (χ3v) is 8.51. The zero-order valence-electron chi connectivity index (χ0n) is 24.2. The van der Waals surface area contributed by atoms with Crippen molar-refractivity contribution in [3.63, 3.8) is 0 Å². The summed E-state index contributed by atoms with van der Waals surface area (Å²) in [5, 5.41) is 6.95. The van der Waals surface area contributed by atoms with Crippen LogP contribution in [0.15, 0.2) is 77.8 Å². The standard InChI is InChI=1S/C33H38ClN5O3/c1-4-23-17-28(27-11-10-24(18-29(27)34)25-8-6-14-35-19-25)33(41)39(20-31(40)38-30-9-5-7-21(30)2)32(23)37-22(3)36-26-12-15-42-16-13-26/h4,6,8,10-11,14,17-19,21,26,30,36H,3,5,7,9,12-13,15-16,20H2,1-2H3,(H,38,40)/b23-4-,37-32+. The van der Waals surface area contributed by atoms with Gasteiger partial charge >= 0.3 is 0 Å². The van der Waals surface area contributed by atoms with E-state index in [0.29, 0.717) is 52.5 Å². The quantitative estimate of drug-likeness (QED) is 0.424. The van der Waals surface area contributed by atoms with Gasteiger partial charge in [0, 0.05) is 65.0 Å². The summed E-state index contributed by atoms with van der Waals surface area (Å²) in [5.74, 6) is 0.667. The van der Waals surface area contributed by atoms with Crippen molar-refractivity contribution in [2.24, 2.45) is 10.9 Å². The molecule has 2 N–H and O–H groups in total. The van der Waals surface area contributed by atoms with Gasteiger partial charge in [0.25, 0.3) is 5.91 Å². The molecule has 2 atom stereocenters. The van der Waals surface area contributed by atoms with Crippen LogP contribution in [0, 0.1) is 5.92 Å². The highest BCUT2D eigenvalue weighted by Gasteiger charge is 2.34. The lowest BCUT2D eigenvalue weighted by Gasteiger charge is -2.31. The number of carbonyl (C=O) groups is 2. The summed E-state index contributed by atoms with van der Waals surface area (Å²) < 4.78 is 5.46. The Labute approximate surface area is 252 Å². The zero-order valence-corrected chi connectivity index (χ0v) is 25.0. The molecule has 220 valence electrons. The van der Waals surface area contributed by atoms with Crippen molar-refractivity contribution in [2.75, 3.05) is 19.8 Å². The maximum Gasteiger partial charge on any atom is 0.260 e. The van der Waals surface area contributed by atoms with Gasteiger partial charge in [-0.3, -0.25) is 19.5 Å². The van der Waals surface area contributed by atoms with E-state index in [4.69, 9.17) is 21.3 Å². The first kappa shape index (κ1) is 29.7. The molecule has 2 unspecified atom stereocenters. The molecule has 1 aromatic carbocycles. The fraction of sp³-hybridized carbons (Fsp3) is 0.394. The van der Waals surface area contributed by atoms with E-state index in [1.54, 1.807) is 18.5 Å². The average molecular weight is 588 g/mol. The highest BCUT2D eigenvalue weighted by atomic mass is 35.5. The predicted octanol–water partition coefficient (Wildman–Crippen LogP) is 5.52. The van der Waals surface area contributed by atoms with Gasteiger partial charge in [0.2, 0.25) is 5.91 Å². The molecule has 1 saturated heterocycles. The predicted molar refractivity (Wildman–Crippen MR) is 167 cm³/mol. The van der Waals surface area contributed by atoms with E-state index in [1.165, 1.54) is 4.90 Å². The van der Waals surface area contributed by atoms with Crippen molar-refractivity contribution in [1.29, 1.82) is 0 Å². The number of rotatable bonds is 8. The Hall–Kier alpha value is -3.75. The average Bonchev–Trinajstić information content (AvgIpc) is 3.40. The smallest absolute Gasteiger partial charge is 0.260 e. The lowest BCUT2D eigenvalue weighted by atomic mass is 9.94. The molecule has 8 nitrogen and oxygen atoms in total. The number of hydrogen-bond acceptors (Lipinski definition) is 6. The molecule has 0 spiro atoms. The van der Waals surface area contributed by atoms with E-state index in [1.807, 2.05) is 43.3 Å². The second-order valence-corrected chi connectivity index (χ2v) is 11.5. The minimum atomic E-state index is -0.344. The fourth-order valence-electron chi connectivity index (χ4n) is 5.80. The van der Waals surface area contributed by atoms with Crippen LogP contribution in [0.5, 0.6) is 0 Å². The Balaban J connectivity index is 1.47. The molecule has 2 aromatic rings. The summed E-state index contributed by atoms with van der Waals surface area (Å²) >= 11 is 6.79. The maximum atomic E-state index is 14.1. The molecule has 1 aromatic heterocycles. The number of allylic oxidation sites excluding steroid dienone is 1. The number of nitrogens with one attached hydrogen (secondary N) is 2. The molecule has 5 rings (SSSR count). The summed E-state index contributed by atoms with van der Waals surface area (Å²) in [7, 11) is 0. The highest BCUT2D eigenvalue weighted by molar-refractivity contribution is 6.38. The van der Waals surface area contributed by atoms with Crippen LogP contribution in [-0.2, 0) is 14.3 Å². The minimum absolute atomic E-state index is 0.105. The third kappa shape index (κ3) is 6.82. The van der Waals surface area contributed by atoms with Gasteiger partial charge in [0.15, 0.2) is 0 Å². The molecule has 2 aliphatic heterocycles. The van der Waals surface area contributed by atoms with Crippen molar-refractivity contribution in [3.05, 3.63) is 83.4 Å². The fourth-order valence-corrected chi connectivity index (χ4v) is 6.08.